The lowest BCUT2D eigenvalue weighted by Gasteiger charge is -2.30. The molecule has 1 fully saturated rings. The second-order valence-electron chi connectivity index (χ2n) is 7.41. The fourth-order valence-corrected chi connectivity index (χ4v) is 3.79. The lowest BCUT2D eigenvalue weighted by molar-refractivity contribution is -0.139. The number of nitrogens with one attached hydrogen (secondary N) is 1. The Labute approximate surface area is 166 Å². The first kappa shape index (κ1) is 19.0. The maximum atomic E-state index is 13.6. The number of carbonyl (C=O) groups excluding carboxylic acids is 3. The largest absolute Gasteiger partial charge is 0.336 e. The van der Waals surface area contributed by atoms with E-state index in [1.807, 2.05) is 24.3 Å². The molecule has 1 N–H and O–H groups in total. The third-order valence-corrected chi connectivity index (χ3v) is 5.55. The van der Waals surface area contributed by atoms with Gasteiger partial charge in [-0.05, 0) is 42.2 Å². The van der Waals surface area contributed by atoms with Gasteiger partial charge in [0.25, 0.3) is 5.91 Å². The van der Waals surface area contributed by atoms with Crippen molar-refractivity contribution in [1.82, 2.24) is 15.1 Å². The van der Waals surface area contributed by atoms with Gasteiger partial charge in [-0.3, -0.25) is 14.5 Å². The Morgan fingerprint density at radius 1 is 1.10 bits per heavy atom. The summed E-state index contributed by atoms with van der Waals surface area (Å²) in [7, 11) is 0. The van der Waals surface area contributed by atoms with Crippen LogP contribution in [0.4, 0.5) is 13.6 Å². The molecule has 0 aromatic heterocycles. The van der Waals surface area contributed by atoms with E-state index < -0.39 is 35.7 Å². The molecule has 2 aliphatic rings. The summed E-state index contributed by atoms with van der Waals surface area (Å²) in [5.41, 5.74) is 0.755. The van der Waals surface area contributed by atoms with E-state index in [1.54, 1.807) is 4.90 Å². The van der Waals surface area contributed by atoms with Gasteiger partial charge in [-0.1, -0.05) is 30.3 Å². The monoisotopic (exact) mass is 399 g/mol. The molecule has 8 heteroatoms. The summed E-state index contributed by atoms with van der Waals surface area (Å²) >= 11 is 0. The summed E-state index contributed by atoms with van der Waals surface area (Å²) in [5, 5.41) is 2.49. The summed E-state index contributed by atoms with van der Waals surface area (Å²) in [6.45, 7) is 1.91. The van der Waals surface area contributed by atoms with Crippen molar-refractivity contribution in [2.75, 3.05) is 13.1 Å². The lowest BCUT2D eigenvalue weighted by atomic mass is 9.92. The number of hydrogen-bond donors (Lipinski definition) is 1. The van der Waals surface area contributed by atoms with Crippen LogP contribution < -0.4 is 5.32 Å². The van der Waals surface area contributed by atoms with Gasteiger partial charge in [0.05, 0.1) is 0 Å². The number of rotatable bonds is 3. The zero-order valence-electron chi connectivity index (χ0n) is 15.7. The van der Waals surface area contributed by atoms with Crippen molar-refractivity contribution in [3.8, 4) is 0 Å². The van der Waals surface area contributed by atoms with Crippen LogP contribution in [0, 0.1) is 11.6 Å². The number of fused-ring (bicyclic) bond motifs is 1. The normalized spacial score (nSPS) is 21.2. The van der Waals surface area contributed by atoms with Crippen molar-refractivity contribution in [2.24, 2.45) is 0 Å². The topological polar surface area (TPSA) is 69.7 Å². The molecule has 0 bridgehead atoms. The van der Waals surface area contributed by atoms with Crippen LogP contribution in [0.3, 0.4) is 0 Å². The first-order valence-corrected chi connectivity index (χ1v) is 9.24. The van der Waals surface area contributed by atoms with Gasteiger partial charge in [-0.15, -0.1) is 0 Å². The summed E-state index contributed by atoms with van der Waals surface area (Å²) in [4.78, 5) is 40.5. The van der Waals surface area contributed by atoms with Gasteiger partial charge in [0.15, 0.2) is 11.6 Å². The molecule has 2 aromatic carbocycles. The van der Waals surface area contributed by atoms with E-state index in [1.165, 1.54) is 18.6 Å². The van der Waals surface area contributed by atoms with Gasteiger partial charge in [0, 0.05) is 13.1 Å². The molecule has 4 amide bonds. The van der Waals surface area contributed by atoms with Crippen LogP contribution in [-0.4, -0.2) is 40.7 Å². The van der Waals surface area contributed by atoms with E-state index in [0.29, 0.717) is 19.5 Å². The smallest absolute Gasteiger partial charge is 0.325 e. The molecule has 150 valence electrons. The maximum absolute atomic E-state index is 13.6. The van der Waals surface area contributed by atoms with Crippen molar-refractivity contribution < 1.29 is 23.2 Å². The van der Waals surface area contributed by atoms with Crippen LogP contribution in [0.25, 0.3) is 0 Å². The zero-order valence-corrected chi connectivity index (χ0v) is 15.7. The van der Waals surface area contributed by atoms with Crippen molar-refractivity contribution in [3.63, 3.8) is 0 Å². The summed E-state index contributed by atoms with van der Waals surface area (Å²) < 4.78 is 26.9. The molecule has 2 aliphatic heterocycles. The van der Waals surface area contributed by atoms with Crippen LogP contribution in [0.15, 0.2) is 42.5 Å². The van der Waals surface area contributed by atoms with Crippen LogP contribution in [-0.2, 0) is 28.1 Å². The molecule has 29 heavy (non-hydrogen) atoms. The average molecular weight is 399 g/mol. The third kappa shape index (κ3) is 3.24. The van der Waals surface area contributed by atoms with Crippen molar-refractivity contribution >= 4 is 17.8 Å². The minimum Gasteiger partial charge on any atom is -0.336 e. The first-order valence-electron chi connectivity index (χ1n) is 9.24. The Hall–Kier alpha value is -3.29. The number of carbonyl (C=O) groups is 3. The Morgan fingerprint density at radius 2 is 1.83 bits per heavy atom. The molecular weight excluding hydrogens is 380 g/mol. The summed E-state index contributed by atoms with van der Waals surface area (Å²) in [6.07, 6.45) is 0.703. The third-order valence-electron chi connectivity index (χ3n) is 5.55. The summed E-state index contributed by atoms with van der Waals surface area (Å²) in [5.74, 6) is -3.20. The number of nitrogens with zero attached hydrogens (tertiary/aromatic N) is 2. The minimum atomic E-state index is -1.57. The van der Waals surface area contributed by atoms with E-state index >= 15 is 0 Å². The molecule has 1 unspecified atom stereocenters. The molecule has 0 saturated carbocycles. The number of hydrogen-bond acceptors (Lipinski definition) is 3. The van der Waals surface area contributed by atoms with E-state index in [2.05, 4.69) is 5.32 Å². The van der Waals surface area contributed by atoms with Gasteiger partial charge in [0.1, 0.15) is 12.1 Å². The Morgan fingerprint density at radius 3 is 2.55 bits per heavy atom. The predicted octanol–water partition coefficient (Wildman–Crippen LogP) is 2.32. The van der Waals surface area contributed by atoms with Crippen LogP contribution in [0.5, 0.6) is 0 Å². The lowest BCUT2D eigenvalue weighted by Crippen LogP contribution is -2.45. The Bertz CT molecular complexity index is 1030. The molecular formula is C21H19F2N3O3. The van der Waals surface area contributed by atoms with Crippen molar-refractivity contribution in [2.45, 2.75) is 25.4 Å². The highest BCUT2D eigenvalue weighted by atomic mass is 19.2. The second kappa shape index (κ2) is 6.95. The highest BCUT2D eigenvalue weighted by Crippen LogP contribution is 2.30. The van der Waals surface area contributed by atoms with E-state index in [0.717, 1.165) is 22.6 Å². The highest BCUT2D eigenvalue weighted by molar-refractivity contribution is 6.09. The predicted molar refractivity (Wildman–Crippen MR) is 99.5 cm³/mol. The van der Waals surface area contributed by atoms with Gasteiger partial charge in [-0.2, -0.15) is 0 Å². The number of amides is 4. The van der Waals surface area contributed by atoms with Crippen LogP contribution in [0.1, 0.15) is 23.6 Å². The molecule has 2 aromatic rings. The molecule has 0 spiro atoms. The molecule has 0 radical (unpaired) electrons. The summed E-state index contributed by atoms with van der Waals surface area (Å²) in [6, 6.07) is 10.1. The maximum Gasteiger partial charge on any atom is 0.325 e. The minimum absolute atomic E-state index is 0.108. The van der Waals surface area contributed by atoms with E-state index in [9.17, 15) is 23.2 Å². The van der Waals surface area contributed by atoms with Crippen molar-refractivity contribution in [3.05, 3.63) is 70.8 Å². The number of imide groups is 1. The molecule has 4 rings (SSSR count). The van der Waals surface area contributed by atoms with E-state index in [-0.39, 0.29) is 11.5 Å². The fourth-order valence-electron chi connectivity index (χ4n) is 3.79. The van der Waals surface area contributed by atoms with Gasteiger partial charge >= 0.3 is 6.03 Å². The van der Waals surface area contributed by atoms with Gasteiger partial charge in [0.2, 0.25) is 5.91 Å². The fraction of sp³-hybridized carbons (Fsp3) is 0.286. The molecule has 1 saturated heterocycles. The quantitative estimate of drug-likeness (QED) is 0.806. The molecule has 0 aliphatic carbocycles. The second-order valence-corrected chi connectivity index (χ2v) is 7.41. The SMILES string of the molecule is CC1(c2ccc(F)c(F)c2)NC(=O)N(CC(=O)N2CCc3ccccc3C2)C1=O. The van der Waals surface area contributed by atoms with Crippen LogP contribution in [0.2, 0.25) is 0 Å². The van der Waals surface area contributed by atoms with E-state index in [4.69, 9.17) is 0 Å². The Balaban J connectivity index is 1.51. The number of halogens is 2. The molecule has 6 nitrogen and oxygen atoms in total. The average Bonchev–Trinajstić information content (AvgIpc) is 2.93. The van der Waals surface area contributed by atoms with Crippen LogP contribution >= 0.6 is 0 Å². The Kier molecular flexibility index (Phi) is 4.56. The molecule has 1 atom stereocenters. The van der Waals surface area contributed by atoms with Crippen molar-refractivity contribution in [1.29, 1.82) is 0 Å². The van der Waals surface area contributed by atoms with Gasteiger partial charge < -0.3 is 10.2 Å². The zero-order chi connectivity index (χ0) is 20.8. The first-order chi connectivity index (χ1) is 13.8. The highest BCUT2D eigenvalue weighted by Gasteiger charge is 2.50. The molecule has 2 heterocycles. The number of urea groups is 1. The standard InChI is InChI=1S/C21H19F2N3O3/c1-21(15-6-7-16(22)17(23)10-15)19(28)26(20(29)24-21)12-18(27)25-9-8-13-4-2-3-5-14(13)11-25/h2-7,10H,8-9,11-12H2,1H3,(H,24,29). The van der Waals surface area contributed by atoms with Gasteiger partial charge in [-0.25, -0.2) is 13.6 Å². The number of benzene rings is 2.